The molecule has 0 unspecified atom stereocenters. The fourth-order valence-electron chi connectivity index (χ4n) is 4.16. The molecular weight excluding hydrogens is 374 g/mol. The maximum absolute atomic E-state index is 3.81. The van der Waals surface area contributed by atoms with Crippen LogP contribution < -0.4 is 0 Å². The molecule has 0 aliphatic heterocycles. The van der Waals surface area contributed by atoms with Crippen molar-refractivity contribution in [3.63, 3.8) is 0 Å². The molecule has 1 N–H and O–H groups in total. The monoisotopic (exact) mass is 399 g/mol. The number of H-pyrrole nitrogens is 1. The van der Waals surface area contributed by atoms with E-state index in [1.54, 1.807) is 0 Å². The Bertz CT molecular complexity index is 1190. The molecule has 0 saturated carbocycles. The fourth-order valence-corrected chi connectivity index (χ4v) is 4.16. The van der Waals surface area contributed by atoms with Gasteiger partial charge < -0.3 is 4.98 Å². The molecule has 0 fully saturated rings. The van der Waals surface area contributed by atoms with Crippen LogP contribution in [-0.4, -0.2) is 4.98 Å². The van der Waals surface area contributed by atoms with Gasteiger partial charge >= 0.3 is 0 Å². The van der Waals surface area contributed by atoms with Gasteiger partial charge in [-0.15, -0.1) is 0 Å². The zero-order valence-corrected chi connectivity index (χ0v) is 17.9. The first-order valence-electron chi connectivity index (χ1n) is 10.7. The van der Waals surface area contributed by atoms with Gasteiger partial charge in [-0.1, -0.05) is 120 Å². The van der Waals surface area contributed by atoms with E-state index in [0.29, 0.717) is 0 Å². The van der Waals surface area contributed by atoms with Crippen LogP contribution in [0.15, 0.2) is 109 Å². The molecule has 31 heavy (non-hydrogen) atoms. The van der Waals surface area contributed by atoms with E-state index in [1.165, 1.54) is 44.5 Å². The number of benzene rings is 4. The van der Waals surface area contributed by atoms with Crippen molar-refractivity contribution >= 4 is 0 Å². The quantitative estimate of drug-likeness (QED) is 0.313. The molecule has 1 aromatic heterocycles. The maximum Gasteiger partial charge on any atom is 0.0544 e. The summed E-state index contributed by atoms with van der Waals surface area (Å²) in [6.45, 7) is 4.27. The normalized spacial score (nSPS) is 10.9. The van der Waals surface area contributed by atoms with Crippen LogP contribution in [0.5, 0.6) is 0 Å². The van der Waals surface area contributed by atoms with Crippen LogP contribution >= 0.6 is 0 Å². The van der Waals surface area contributed by atoms with Crippen LogP contribution in [-0.2, 0) is 0 Å². The Labute approximate surface area is 184 Å². The van der Waals surface area contributed by atoms with Gasteiger partial charge in [0.25, 0.3) is 0 Å². The van der Waals surface area contributed by atoms with Crippen LogP contribution in [0.2, 0.25) is 0 Å². The molecule has 0 spiro atoms. The van der Waals surface area contributed by atoms with Gasteiger partial charge in [0, 0.05) is 11.1 Å². The predicted molar refractivity (Wildman–Crippen MR) is 132 cm³/mol. The van der Waals surface area contributed by atoms with Crippen LogP contribution in [0, 0.1) is 13.8 Å². The van der Waals surface area contributed by atoms with Gasteiger partial charge in [-0.2, -0.15) is 0 Å². The zero-order chi connectivity index (χ0) is 21.2. The molecule has 0 amide bonds. The highest BCUT2D eigenvalue weighted by Gasteiger charge is 2.22. The summed E-state index contributed by atoms with van der Waals surface area (Å²) >= 11 is 0. The Morgan fingerprint density at radius 1 is 0.387 bits per heavy atom. The second kappa shape index (κ2) is 8.12. The van der Waals surface area contributed by atoms with Crippen molar-refractivity contribution in [2.24, 2.45) is 0 Å². The lowest BCUT2D eigenvalue weighted by atomic mass is 9.91. The smallest absolute Gasteiger partial charge is 0.0544 e. The summed E-state index contributed by atoms with van der Waals surface area (Å²) in [4.78, 5) is 3.81. The second-order valence-corrected chi connectivity index (χ2v) is 8.09. The number of hydrogen-bond donors (Lipinski definition) is 1. The van der Waals surface area contributed by atoms with Crippen molar-refractivity contribution in [3.05, 3.63) is 120 Å². The minimum absolute atomic E-state index is 1.15. The number of aryl methyl sites for hydroxylation is 2. The Balaban J connectivity index is 1.88. The summed E-state index contributed by atoms with van der Waals surface area (Å²) in [6, 6.07) is 38.9. The number of hydrogen-bond acceptors (Lipinski definition) is 0. The largest absolute Gasteiger partial charge is 0.353 e. The van der Waals surface area contributed by atoms with E-state index in [1.807, 2.05) is 0 Å². The van der Waals surface area contributed by atoms with E-state index < -0.39 is 0 Å². The zero-order valence-electron chi connectivity index (χ0n) is 17.9. The summed E-state index contributed by atoms with van der Waals surface area (Å²) < 4.78 is 0. The molecule has 0 bridgehead atoms. The lowest BCUT2D eigenvalue weighted by Gasteiger charge is -2.11. The SMILES string of the molecule is Cc1ccc(-c2c(-c3ccccc3)[nH]c(-c3ccccc3)c2-c2ccc(C)cc2)cc1. The molecule has 0 atom stereocenters. The van der Waals surface area contributed by atoms with E-state index in [9.17, 15) is 0 Å². The average Bonchev–Trinajstić information content (AvgIpc) is 3.22. The van der Waals surface area contributed by atoms with Crippen LogP contribution in [0.25, 0.3) is 44.8 Å². The Kier molecular flexibility index (Phi) is 5.01. The molecule has 1 heterocycles. The van der Waals surface area contributed by atoms with Crippen LogP contribution in [0.3, 0.4) is 0 Å². The minimum Gasteiger partial charge on any atom is -0.353 e. The van der Waals surface area contributed by atoms with E-state index in [4.69, 9.17) is 0 Å². The Morgan fingerprint density at radius 2 is 0.742 bits per heavy atom. The van der Waals surface area contributed by atoms with Crippen molar-refractivity contribution in [3.8, 4) is 44.8 Å². The lowest BCUT2D eigenvalue weighted by Crippen LogP contribution is -1.87. The molecule has 0 aliphatic carbocycles. The highest BCUT2D eigenvalue weighted by Crippen LogP contribution is 2.46. The lowest BCUT2D eigenvalue weighted by molar-refractivity contribution is 1.39. The third-order valence-corrected chi connectivity index (χ3v) is 5.81. The molecule has 150 valence electrons. The highest BCUT2D eigenvalue weighted by molar-refractivity contribution is 6.01. The molecule has 1 nitrogen and oxygen atoms in total. The fraction of sp³-hybridized carbons (Fsp3) is 0.0667. The van der Waals surface area contributed by atoms with E-state index in [2.05, 4.69) is 128 Å². The van der Waals surface area contributed by atoms with E-state index in [-0.39, 0.29) is 0 Å². The van der Waals surface area contributed by atoms with Crippen LogP contribution in [0.1, 0.15) is 11.1 Å². The molecular formula is C30H25N. The van der Waals surface area contributed by atoms with Crippen molar-refractivity contribution in [2.45, 2.75) is 13.8 Å². The van der Waals surface area contributed by atoms with Crippen molar-refractivity contribution in [2.75, 3.05) is 0 Å². The Hall–Kier alpha value is -3.84. The first kappa shape index (κ1) is 19.1. The maximum atomic E-state index is 3.81. The number of aromatic nitrogens is 1. The van der Waals surface area contributed by atoms with Gasteiger partial charge in [-0.05, 0) is 36.1 Å². The van der Waals surface area contributed by atoms with Crippen molar-refractivity contribution in [1.82, 2.24) is 4.98 Å². The molecule has 0 saturated heterocycles. The molecule has 5 rings (SSSR count). The van der Waals surface area contributed by atoms with Gasteiger partial charge in [-0.25, -0.2) is 0 Å². The first-order valence-corrected chi connectivity index (χ1v) is 10.7. The van der Waals surface area contributed by atoms with E-state index >= 15 is 0 Å². The third kappa shape index (κ3) is 3.71. The summed E-state index contributed by atoms with van der Waals surface area (Å²) in [5.41, 5.74) is 12.1. The second-order valence-electron chi connectivity index (χ2n) is 8.09. The third-order valence-electron chi connectivity index (χ3n) is 5.81. The molecule has 0 radical (unpaired) electrons. The highest BCUT2D eigenvalue weighted by atomic mass is 14.7. The summed E-state index contributed by atoms with van der Waals surface area (Å²) in [7, 11) is 0. The molecule has 0 aliphatic rings. The summed E-state index contributed by atoms with van der Waals surface area (Å²) in [6.07, 6.45) is 0. The first-order chi connectivity index (χ1) is 15.2. The van der Waals surface area contributed by atoms with Gasteiger partial charge in [0.15, 0.2) is 0 Å². The van der Waals surface area contributed by atoms with Crippen molar-refractivity contribution in [1.29, 1.82) is 0 Å². The summed E-state index contributed by atoms with van der Waals surface area (Å²) in [5, 5.41) is 0. The van der Waals surface area contributed by atoms with Gasteiger partial charge in [0.2, 0.25) is 0 Å². The number of rotatable bonds is 4. The topological polar surface area (TPSA) is 15.8 Å². The van der Waals surface area contributed by atoms with Gasteiger partial charge in [0.1, 0.15) is 0 Å². The van der Waals surface area contributed by atoms with Gasteiger partial charge in [-0.3, -0.25) is 0 Å². The standard InChI is InChI=1S/C30H25N/c1-21-13-17-23(18-14-21)27-28(24-19-15-22(2)16-20-24)30(26-11-7-4-8-12-26)31-29(27)25-9-5-3-6-10-25/h3-20,31H,1-2H3. The summed E-state index contributed by atoms with van der Waals surface area (Å²) in [5.74, 6) is 0. The van der Waals surface area contributed by atoms with Crippen molar-refractivity contribution < 1.29 is 0 Å². The molecule has 1 heteroatoms. The molecule has 4 aromatic carbocycles. The Morgan fingerprint density at radius 3 is 1.10 bits per heavy atom. The molecule has 5 aromatic rings. The van der Waals surface area contributed by atoms with Crippen LogP contribution in [0.4, 0.5) is 0 Å². The van der Waals surface area contributed by atoms with Gasteiger partial charge in [0.05, 0.1) is 11.4 Å². The van der Waals surface area contributed by atoms with E-state index in [0.717, 1.165) is 11.4 Å². The predicted octanol–water partition coefficient (Wildman–Crippen LogP) is 8.30. The average molecular weight is 400 g/mol. The number of nitrogens with one attached hydrogen (secondary N) is 1. The number of aromatic amines is 1. The minimum atomic E-state index is 1.15.